The van der Waals surface area contributed by atoms with Gasteiger partial charge in [-0.2, -0.15) is 26.3 Å². The number of allylic oxidation sites excluding steroid dienone is 3. The minimum Gasteiger partial charge on any atom is -0.369 e. The first-order valence-corrected chi connectivity index (χ1v) is 8.85. The van der Waals surface area contributed by atoms with Crippen molar-refractivity contribution in [3.05, 3.63) is 43.7 Å². The van der Waals surface area contributed by atoms with Crippen LogP contribution in [0.15, 0.2) is 43.7 Å². The molecule has 1 saturated carbocycles. The van der Waals surface area contributed by atoms with Crippen molar-refractivity contribution < 1.29 is 26.3 Å². The molecule has 0 radical (unpaired) electrons. The minimum absolute atomic E-state index is 0.148. The predicted molar refractivity (Wildman–Crippen MR) is 90.6 cm³/mol. The quantitative estimate of drug-likeness (QED) is 0.384. The monoisotopic (exact) mass is 415 g/mol. The summed E-state index contributed by atoms with van der Waals surface area (Å²) in [5, 5.41) is 3.04. The van der Waals surface area contributed by atoms with Crippen LogP contribution in [0.2, 0.25) is 0 Å². The van der Waals surface area contributed by atoms with E-state index in [1.165, 1.54) is 13.0 Å². The van der Waals surface area contributed by atoms with Gasteiger partial charge >= 0.3 is 17.8 Å². The van der Waals surface area contributed by atoms with Crippen molar-refractivity contribution in [3.63, 3.8) is 0 Å². The maximum absolute atomic E-state index is 14.5. The molecule has 2 atom stereocenters. The van der Waals surface area contributed by atoms with Gasteiger partial charge < -0.3 is 5.32 Å². The highest BCUT2D eigenvalue weighted by Gasteiger charge is 2.84. The molecular weight excluding hydrogens is 404 g/mol. The van der Waals surface area contributed by atoms with Gasteiger partial charge in [0.1, 0.15) is 0 Å². The molecule has 0 bridgehead atoms. The number of nitrogens with one attached hydrogen (secondary N) is 1. The van der Waals surface area contributed by atoms with Crippen molar-refractivity contribution in [1.82, 2.24) is 5.32 Å². The zero-order valence-corrected chi connectivity index (χ0v) is 15.3. The highest BCUT2D eigenvalue weighted by Crippen LogP contribution is 2.71. The molecule has 1 nitrogen and oxygen atoms in total. The van der Waals surface area contributed by atoms with Crippen LogP contribution in [0.3, 0.4) is 0 Å². The Hall–Kier alpha value is -0.610. The SMILES string of the molecule is CC12NC(S)=CC1=C1C(=C3C=C(S)SC32C)C(F)(F)C(F)(F)C1(F)F. The molecule has 2 heterocycles. The number of halogens is 6. The summed E-state index contributed by atoms with van der Waals surface area (Å²) in [5.41, 5.74) is -4.47. The second-order valence-electron chi connectivity index (χ2n) is 6.70. The summed E-state index contributed by atoms with van der Waals surface area (Å²) >= 11 is 9.30. The summed E-state index contributed by atoms with van der Waals surface area (Å²) in [6.45, 7) is 3.07. The van der Waals surface area contributed by atoms with Crippen LogP contribution in [0.25, 0.3) is 0 Å². The van der Waals surface area contributed by atoms with E-state index in [9.17, 15) is 26.3 Å². The summed E-state index contributed by atoms with van der Waals surface area (Å²) in [4.78, 5) is 0. The number of alkyl halides is 6. The lowest BCUT2D eigenvalue weighted by atomic mass is 9.68. The number of hydrogen-bond donors (Lipinski definition) is 3. The molecular formula is C15H11F6NS3. The van der Waals surface area contributed by atoms with E-state index in [1.54, 1.807) is 6.92 Å². The normalized spacial score (nSPS) is 39.6. The average Bonchev–Trinajstić information content (AvgIpc) is 2.95. The first kappa shape index (κ1) is 17.8. The largest absolute Gasteiger partial charge is 0.380 e. The molecule has 2 unspecified atom stereocenters. The molecule has 25 heavy (non-hydrogen) atoms. The molecule has 0 amide bonds. The number of hydrogen-bond acceptors (Lipinski definition) is 4. The van der Waals surface area contributed by atoms with Gasteiger partial charge in [0.15, 0.2) is 0 Å². The molecule has 10 heteroatoms. The van der Waals surface area contributed by atoms with Crippen LogP contribution in [-0.2, 0) is 0 Å². The molecule has 0 spiro atoms. The van der Waals surface area contributed by atoms with Gasteiger partial charge in [0.05, 0.1) is 15.3 Å². The third-order valence-electron chi connectivity index (χ3n) is 5.45. The van der Waals surface area contributed by atoms with Crippen LogP contribution in [0.1, 0.15) is 13.8 Å². The minimum atomic E-state index is -5.53. The molecule has 0 aromatic rings. The Morgan fingerprint density at radius 3 is 1.96 bits per heavy atom. The molecule has 0 saturated heterocycles. The zero-order chi connectivity index (χ0) is 18.8. The van der Waals surface area contributed by atoms with E-state index in [0.717, 1.165) is 17.8 Å². The standard InChI is InChI=1S/C15H11F6NS3/c1-11-5(3-7(23)22-11)9-10(6-4-8(24)25-12(6,11)2)14(18,19)15(20,21)13(9,16)17/h3-4,22-24H,1-2H3. The summed E-state index contributed by atoms with van der Waals surface area (Å²) in [6.07, 6.45) is 2.30. The second-order valence-corrected chi connectivity index (χ2v) is 9.42. The van der Waals surface area contributed by atoms with Crippen LogP contribution in [0, 0.1) is 0 Å². The maximum Gasteiger partial charge on any atom is 0.380 e. The van der Waals surface area contributed by atoms with Gasteiger partial charge in [-0.15, -0.1) is 37.0 Å². The van der Waals surface area contributed by atoms with E-state index >= 15 is 0 Å². The lowest BCUT2D eigenvalue weighted by Crippen LogP contribution is -2.58. The molecule has 4 aliphatic rings. The lowest BCUT2D eigenvalue weighted by Gasteiger charge is -2.47. The summed E-state index contributed by atoms with van der Waals surface area (Å²) in [6, 6.07) is 0. The maximum atomic E-state index is 14.5. The summed E-state index contributed by atoms with van der Waals surface area (Å²) in [5.74, 6) is -15.5. The Balaban J connectivity index is 2.20. The molecule has 2 aliphatic carbocycles. The summed E-state index contributed by atoms with van der Waals surface area (Å²) in [7, 11) is 0. The predicted octanol–water partition coefficient (Wildman–Crippen LogP) is 4.92. The van der Waals surface area contributed by atoms with Gasteiger partial charge in [0, 0.05) is 15.4 Å². The molecule has 4 rings (SSSR count). The molecule has 136 valence electrons. The molecule has 0 aromatic heterocycles. The van der Waals surface area contributed by atoms with Crippen molar-refractivity contribution in [1.29, 1.82) is 0 Å². The fraction of sp³-hybridized carbons (Fsp3) is 0.467. The number of fused-ring (bicyclic) bond motifs is 4. The van der Waals surface area contributed by atoms with Crippen LogP contribution in [0.5, 0.6) is 0 Å². The van der Waals surface area contributed by atoms with Crippen LogP contribution >= 0.6 is 37.0 Å². The summed E-state index contributed by atoms with van der Waals surface area (Å²) < 4.78 is 85.3. The number of thioether (sulfide) groups is 1. The van der Waals surface area contributed by atoms with Gasteiger partial charge in [-0.1, -0.05) is 0 Å². The molecule has 2 aliphatic heterocycles. The van der Waals surface area contributed by atoms with Gasteiger partial charge in [-0.25, -0.2) is 0 Å². The fourth-order valence-corrected chi connectivity index (χ4v) is 6.27. The topological polar surface area (TPSA) is 12.0 Å². The first-order chi connectivity index (χ1) is 11.2. The third-order valence-corrected chi connectivity index (χ3v) is 7.45. The lowest BCUT2D eigenvalue weighted by molar-refractivity contribution is -0.258. The van der Waals surface area contributed by atoms with Crippen molar-refractivity contribution in [2.75, 3.05) is 0 Å². The Morgan fingerprint density at radius 2 is 1.40 bits per heavy atom. The highest BCUT2D eigenvalue weighted by molar-refractivity contribution is 8.16. The Labute approximate surface area is 154 Å². The van der Waals surface area contributed by atoms with E-state index in [0.29, 0.717) is 0 Å². The zero-order valence-electron chi connectivity index (χ0n) is 12.7. The Bertz CT molecular complexity index is 787. The molecule has 0 aromatic carbocycles. The van der Waals surface area contributed by atoms with Gasteiger partial charge in [-0.05, 0) is 37.1 Å². The fourth-order valence-electron chi connectivity index (χ4n) is 4.01. The van der Waals surface area contributed by atoms with Crippen LogP contribution in [0.4, 0.5) is 26.3 Å². The first-order valence-electron chi connectivity index (χ1n) is 7.14. The van der Waals surface area contributed by atoms with Crippen LogP contribution in [-0.4, -0.2) is 28.1 Å². The highest BCUT2D eigenvalue weighted by atomic mass is 32.2. The smallest absolute Gasteiger partial charge is 0.369 e. The van der Waals surface area contributed by atoms with Crippen LogP contribution < -0.4 is 5.32 Å². The Morgan fingerprint density at radius 1 is 0.880 bits per heavy atom. The van der Waals surface area contributed by atoms with Crippen molar-refractivity contribution >= 4 is 37.0 Å². The number of rotatable bonds is 0. The van der Waals surface area contributed by atoms with Gasteiger partial charge in [0.25, 0.3) is 0 Å². The van der Waals surface area contributed by atoms with E-state index in [2.05, 4.69) is 30.6 Å². The van der Waals surface area contributed by atoms with E-state index in [4.69, 9.17) is 0 Å². The van der Waals surface area contributed by atoms with E-state index in [-0.39, 0.29) is 20.4 Å². The van der Waals surface area contributed by atoms with Gasteiger partial charge in [0.2, 0.25) is 0 Å². The third kappa shape index (κ3) is 1.66. The molecule has 1 fully saturated rings. The molecule has 1 N–H and O–H groups in total. The van der Waals surface area contributed by atoms with Crippen molar-refractivity contribution in [3.8, 4) is 0 Å². The van der Waals surface area contributed by atoms with Crippen molar-refractivity contribution in [2.24, 2.45) is 0 Å². The average molecular weight is 415 g/mol. The van der Waals surface area contributed by atoms with Gasteiger partial charge in [-0.3, -0.25) is 0 Å². The van der Waals surface area contributed by atoms with E-state index in [1.807, 2.05) is 0 Å². The van der Waals surface area contributed by atoms with E-state index < -0.39 is 39.2 Å². The Kier molecular flexibility index (Phi) is 3.16. The second kappa shape index (κ2) is 4.44. The number of thiol groups is 2. The van der Waals surface area contributed by atoms with Crippen molar-refractivity contribution in [2.45, 2.75) is 41.9 Å².